The molecule has 0 aliphatic carbocycles. The van der Waals surface area contributed by atoms with E-state index < -0.39 is 0 Å². The molecule has 0 fully saturated rings. The van der Waals surface area contributed by atoms with E-state index in [-0.39, 0.29) is 36.2 Å². The van der Waals surface area contributed by atoms with Crippen LogP contribution in [0.15, 0.2) is 28.8 Å². The lowest BCUT2D eigenvalue weighted by Gasteiger charge is -2.16. The first-order valence-corrected chi connectivity index (χ1v) is 10.3. The average molecular weight is 433 g/mol. The van der Waals surface area contributed by atoms with Crippen LogP contribution >= 0.6 is 0 Å². The van der Waals surface area contributed by atoms with Gasteiger partial charge in [-0.3, -0.25) is 19.8 Å². The summed E-state index contributed by atoms with van der Waals surface area (Å²) in [5, 5.41) is 9.43. The van der Waals surface area contributed by atoms with Crippen molar-refractivity contribution in [1.29, 1.82) is 0 Å². The predicted molar refractivity (Wildman–Crippen MR) is 119 cm³/mol. The fraction of sp³-hybridized carbons (Fsp3) is 0.500. The largest absolute Gasteiger partial charge is 0.490 e. The fourth-order valence-corrected chi connectivity index (χ4v) is 2.74. The van der Waals surface area contributed by atoms with E-state index >= 15 is 0 Å². The van der Waals surface area contributed by atoms with Gasteiger partial charge in [-0.2, -0.15) is 0 Å². The summed E-state index contributed by atoms with van der Waals surface area (Å²) < 4.78 is 16.3. The molecule has 170 valence electrons. The van der Waals surface area contributed by atoms with Gasteiger partial charge in [-0.05, 0) is 33.0 Å². The number of hydrogen-bond donors (Lipinski definition) is 2. The van der Waals surface area contributed by atoms with Crippen molar-refractivity contribution in [3.05, 3.63) is 30.0 Å². The molecule has 2 aromatic rings. The van der Waals surface area contributed by atoms with E-state index in [1.807, 2.05) is 34.6 Å². The number of anilines is 2. The van der Waals surface area contributed by atoms with E-state index in [4.69, 9.17) is 14.0 Å². The molecule has 0 bridgehead atoms. The number of benzene rings is 1. The van der Waals surface area contributed by atoms with Crippen molar-refractivity contribution in [3.8, 4) is 11.5 Å². The van der Waals surface area contributed by atoms with Crippen molar-refractivity contribution in [3.63, 3.8) is 0 Å². The summed E-state index contributed by atoms with van der Waals surface area (Å²) in [4.78, 5) is 26.2. The van der Waals surface area contributed by atoms with Crippen molar-refractivity contribution >= 4 is 23.4 Å². The summed E-state index contributed by atoms with van der Waals surface area (Å²) >= 11 is 0. The predicted octanol–water partition coefficient (Wildman–Crippen LogP) is 3.28. The number of amides is 2. The summed E-state index contributed by atoms with van der Waals surface area (Å²) in [5.41, 5.74) is 1.16. The van der Waals surface area contributed by atoms with Crippen molar-refractivity contribution < 1.29 is 23.6 Å². The van der Waals surface area contributed by atoms with Crippen LogP contribution in [0.2, 0.25) is 0 Å². The highest BCUT2D eigenvalue weighted by Crippen LogP contribution is 2.30. The number of hydrogen-bond acceptors (Lipinski definition) is 7. The number of carbonyl (C=O) groups is 2. The van der Waals surface area contributed by atoms with E-state index in [1.165, 1.54) is 0 Å². The minimum absolute atomic E-state index is 0.0203. The minimum atomic E-state index is -0.299. The molecule has 31 heavy (non-hydrogen) atoms. The molecule has 0 aliphatic heterocycles. The molecular weight excluding hydrogens is 400 g/mol. The second-order valence-electron chi connectivity index (χ2n) is 8.12. The molecule has 0 saturated heterocycles. The third kappa shape index (κ3) is 7.60. The van der Waals surface area contributed by atoms with Gasteiger partial charge in [0.05, 0.1) is 32.0 Å². The maximum atomic E-state index is 12.4. The Kier molecular flexibility index (Phi) is 8.44. The molecule has 1 aromatic heterocycles. The van der Waals surface area contributed by atoms with Gasteiger partial charge < -0.3 is 19.3 Å². The second-order valence-corrected chi connectivity index (χ2v) is 8.12. The van der Waals surface area contributed by atoms with E-state index in [0.29, 0.717) is 30.4 Å². The first-order valence-electron chi connectivity index (χ1n) is 10.3. The van der Waals surface area contributed by atoms with Crippen LogP contribution in [-0.2, 0) is 15.0 Å². The molecular formula is C22H32N4O5. The number of rotatable bonds is 10. The van der Waals surface area contributed by atoms with E-state index in [2.05, 4.69) is 15.8 Å². The highest BCUT2D eigenvalue weighted by Gasteiger charge is 2.20. The number of ether oxygens (including phenoxy) is 2. The van der Waals surface area contributed by atoms with Crippen LogP contribution in [0.5, 0.6) is 11.5 Å². The SMILES string of the molecule is CCOc1ccc(NC(=O)CN(C)CC(=O)Nc2cc(C(C)(C)C)no2)cc1OCC. The summed E-state index contributed by atoms with van der Waals surface area (Å²) in [6.45, 7) is 10.8. The van der Waals surface area contributed by atoms with Gasteiger partial charge in [0.2, 0.25) is 17.7 Å². The maximum absolute atomic E-state index is 12.4. The number of nitrogens with one attached hydrogen (secondary N) is 2. The van der Waals surface area contributed by atoms with Crippen LogP contribution in [-0.4, -0.2) is 55.2 Å². The molecule has 2 rings (SSSR count). The summed E-state index contributed by atoms with van der Waals surface area (Å²) in [6.07, 6.45) is 0. The third-order valence-electron chi connectivity index (χ3n) is 4.20. The molecule has 0 spiro atoms. The normalized spacial score (nSPS) is 11.3. The van der Waals surface area contributed by atoms with E-state index in [0.717, 1.165) is 5.69 Å². The van der Waals surface area contributed by atoms with Gasteiger partial charge in [0.15, 0.2) is 11.5 Å². The molecule has 0 atom stereocenters. The van der Waals surface area contributed by atoms with Gasteiger partial charge in [0.25, 0.3) is 0 Å². The zero-order valence-corrected chi connectivity index (χ0v) is 19.1. The number of nitrogens with zero attached hydrogens (tertiary/aromatic N) is 2. The quantitative estimate of drug-likeness (QED) is 0.593. The molecule has 1 aromatic carbocycles. The first kappa shape index (κ1) is 24.2. The Labute approximate surface area is 183 Å². The zero-order valence-electron chi connectivity index (χ0n) is 19.1. The third-order valence-corrected chi connectivity index (χ3v) is 4.20. The van der Waals surface area contributed by atoms with Crippen molar-refractivity contribution in [2.24, 2.45) is 0 Å². The van der Waals surface area contributed by atoms with Gasteiger partial charge >= 0.3 is 0 Å². The Morgan fingerprint density at radius 3 is 2.19 bits per heavy atom. The zero-order chi connectivity index (χ0) is 23.0. The summed E-state index contributed by atoms with van der Waals surface area (Å²) in [6, 6.07) is 6.92. The molecule has 0 unspecified atom stereocenters. The van der Waals surface area contributed by atoms with Gasteiger partial charge in [0, 0.05) is 23.2 Å². The Morgan fingerprint density at radius 2 is 1.61 bits per heavy atom. The van der Waals surface area contributed by atoms with Crippen LogP contribution in [0.1, 0.15) is 40.3 Å². The highest BCUT2D eigenvalue weighted by atomic mass is 16.5. The minimum Gasteiger partial charge on any atom is -0.490 e. The van der Waals surface area contributed by atoms with Gasteiger partial charge in [-0.25, -0.2) is 0 Å². The molecule has 2 N–H and O–H groups in total. The van der Waals surface area contributed by atoms with Crippen LogP contribution in [0.4, 0.5) is 11.6 Å². The molecule has 9 nitrogen and oxygen atoms in total. The first-order chi connectivity index (χ1) is 14.6. The van der Waals surface area contributed by atoms with Gasteiger partial charge in [0.1, 0.15) is 0 Å². The molecule has 0 radical (unpaired) electrons. The standard InChI is InChI=1S/C22H32N4O5/c1-7-29-16-10-9-15(11-17(16)30-8-2)23-19(27)13-26(6)14-20(28)24-21-12-18(25-31-21)22(3,4)5/h9-12H,7-8,13-14H2,1-6H3,(H,23,27)(H,24,28). The van der Waals surface area contributed by atoms with Crippen LogP contribution in [0.25, 0.3) is 0 Å². The van der Waals surface area contributed by atoms with Crippen LogP contribution in [0, 0.1) is 0 Å². The van der Waals surface area contributed by atoms with Crippen LogP contribution in [0.3, 0.4) is 0 Å². The Bertz CT molecular complexity index is 888. The summed E-state index contributed by atoms with van der Waals surface area (Å²) in [5.74, 6) is 0.920. The van der Waals surface area contributed by atoms with E-state index in [9.17, 15) is 9.59 Å². The molecule has 0 aliphatic rings. The van der Waals surface area contributed by atoms with Crippen molar-refractivity contribution in [1.82, 2.24) is 10.1 Å². The smallest absolute Gasteiger partial charge is 0.240 e. The van der Waals surface area contributed by atoms with E-state index in [1.54, 1.807) is 36.2 Å². The monoisotopic (exact) mass is 432 g/mol. The average Bonchev–Trinajstić information content (AvgIpc) is 3.12. The van der Waals surface area contributed by atoms with Crippen molar-refractivity contribution in [2.75, 3.05) is 44.0 Å². The number of carbonyl (C=O) groups excluding carboxylic acids is 2. The Hall–Kier alpha value is -3.07. The topological polar surface area (TPSA) is 106 Å². The Balaban J connectivity index is 1.87. The lowest BCUT2D eigenvalue weighted by Crippen LogP contribution is -2.36. The number of aromatic nitrogens is 1. The fourth-order valence-electron chi connectivity index (χ4n) is 2.74. The van der Waals surface area contributed by atoms with Crippen LogP contribution < -0.4 is 20.1 Å². The lowest BCUT2D eigenvalue weighted by atomic mass is 9.92. The summed E-state index contributed by atoms with van der Waals surface area (Å²) in [7, 11) is 1.68. The highest BCUT2D eigenvalue weighted by molar-refractivity contribution is 5.94. The molecule has 2 amide bonds. The van der Waals surface area contributed by atoms with Crippen molar-refractivity contribution in [2.45, 2.75) is 40.0 Å². The maximum Gasteiger partial charge on any atom is 0.240 e. The molecule has 9 heteroatoms. The molecule has 1 heterocycles. The Morgan fingerprint density at radius 1 is 1.00 bits per heavy atom. The second kappa shape index (κ2) is 10.8. The van der Waals surface area contributed by atoms with Gasteiger partial charge in [-0.1, -0.05) is 25.9 Å². The lowest BCUT2D eigenvalue weighted by molar-refractivity contribution is -0.119. The molecule has 0 saturated carbocycles. The van der Waals surface area contributed by atoms with Gasteiger partial charge in [-0.15, -0.1) is 0 Å². The number of likely N-dealkylation sites (N-methyl/N-ethyl adjacent to an activating group) is 1.